The molecular formula is C24H28N2O3. The third kappa shape index (κ3) is 4.06. The van der Waals surface area contributed by atoms with E-state index in [9.17, 15) is 14.7 Å². The smallest absolute Gasteiger partial charge is 0.311 e. The molecule has 1 saturated carbocycles. The van der Waals surface area contributed by atoms with Crippen molar-refractivity contribution < 1.29 is 14.7 Å². The first-order chi connectivity index (χ1) is 14.1. The van der Waals surface area contributed by atoms with E-state index in [4.69, 9.17) is 0 Å². The van der Waals surface area contributed by atoms with Crippen LogP contribution in [-0.4, -0.2) is 41.5 Å². The summed E-state index contributed by atoms with van der Waals surface area (Å²) in [6, 6.07) is 19.8. The average molecular weight is 392 g/mol. The Balaban J connectivity index is 1.39. The fourth-order valence-corrected chi connectivity index (χ4v) is 5.06. The highest BCUT2D eigenvalue weighted by Gasteiger charge is 2.54. The lowest BCUT2D eigenvalue weighted by Gasteiger charge is -2.24. The number of fused-ring (bicyclic) bond motifs is 1. The zero-order valence-electron chi connectivity index (χ0n) is 16.6. The molecule has 5 heteroatoms. The zero-order valence-corrected chi connectivity index (χ0v) is 16.6. The summed E-state index contributed by atoms with van der Waals surface area (Å²) in [5, 5.41) is 12.9. The Hall–Kier alpha value is -2.66. The van der Waals surface area contributed by atoms with Crippen LogP contribution in [0.1, 0.15) is 42.9 Å². The summed E-state index contributed by atoms with van der Waals surface area (Å²) >= 11 is 0. The molecule has 152 valence electrons. The second-order valence-electron chi connectivity index (χ2n) is 8.36. The van der Waals surface area contributed by atoms with Gasteiger partial charge in [-0.15, -0.1) is 0 Å². The van der Waals surface area contributed by atoms with Crippen LogP contribution in [0.4, 0.5) is 0 Å². The fraction of sp³-hybridized carbons (Fsp3) is 0.417. The maximum absolute atomic E-state index is 12.8. The Morgan fingerprint density at radius 2 is 1.69 bits per heavy atom. The van der Waals surface area contributed by atoms with Gasteiger partial charge in [0.2, 0.25) is 5.91 Å². The van der Waals surface area contributed by atoms with E-state index < -0.39 is 11.4 Å². The maximum atomic E-state index is 12.8. The lowest BCUT2D eigenvalue weighted by atomic mass is 9.81. The zero-order chi connectivity index (χ0) is 20.3. The highest BCUT2D eigenvalue weighted by molar-refractivity contribution is 5.78. The summed E-state index contributed by atoms with van der Waals surface area (Å²) in [4.78, 5) is 26.8. The predicted molar refractivity (Wildman–Crippen MR) is 111 cm³/mol. The topological polar surface area (TPSA) is 69.6 Å². The molecule has 0 radical (unpaired) electrons. The molecule has 1 aliphatic heterocycles. The van der Waals surface area contributed by atoms with Crippen LogP contribution in [0.15, 0.2) is 60.7 Å². The number of hydrogen-bond donors (Lipinski definition) is 2. The molecule has 1 aliphatic carbocycles. The lowest BCUT2D eigenvalue weighted by molar-refractivity contribution is -0.149. The van der Waals surface area contributed by atoms with Gasteiger partial charge in [0.25, 0.3) is 0 Å². The molecule has 1 saturated heterocycles. The van der Waals surface area contributed by atoms with E-state index in [1.807, 2.05) is 60.7 Å². The fourth-order valence-electron chi connectivity index (χ4n) is 5.06. The van der Waals surface area contributed by atoms with Crippen LogP contribution in [0, 0.1) is 11.3 Å². The van der Waals surface area contributed by atoms with Crippen LogP contribution in [0.2, 0.25) is 0 Å². The molecule has 29 heavy (non-hydrogen) atoms. The summed E-state index contributed by atoms with van der Waals surface area (Å²) in [7, 11) is 0. The van der Waals surface area contributed by atoms with Crippen LogP contribution in [0.3, 0.4) is 0 Å². The predicted octanol–water partition coefficient (Wildman–Crippen LogP) is 3.47. The number of rotatable bonds is 7. The molecule has 1 amide bonds. The van der Waals surface area contributed by atoms with Gasteiger partial charge in [0.15, 0.2) is 0 Å². The minimum Gasteiger partial charge on any atom is -0.481 e. The largest absolute Gasteiger partial charge is 0.481 e. The molecule has 2 aromatic carbocycles. The minimum atomic E-state index is -0.667. The molecule has 2 fully saturated rings. The van der Waals surface area contributed by atoms with Gasteiger partial charge in [0, 0.05) is 26.1 Å². The van der Waals surface area contributed by atoms with E-state index in [-0.39, 0.29) is 17.9 Å². The number of carboxylic acids is 1. The normalized spacial score (nSPS) is 23.8. The highest BCUT2D eigenvalue weighted by atomic mass is 16.4. The number of carboxylic acid groups (broad SMARTS) is 1. The van der Waals surface area contributed by atoms with Crippen molar-refractivity contribution in [2.45, 2.75) is 31.7 Å². The van der Waals surface area contributed by atoms with Crippen molar-refractivity contribution >= 4 is 11.9 Å². The van der Waals surface area contributed by atoms with Gasteiger partial charge in [-0.3, -0.25) is 9.59 Å². The van der Waals surface area contributed by atoms with Gasteiger partial charge in [-0.2, -0.15) is 0 Å². The third-order valence-electron chi connectivity index (χ3n) is 6.59. The van der Waals surface area contributed by atoms with E-state index in [0.29, 0.717) is 19.5 Å². The first-order valence-electron chi connectivity index (χ1n) is 10.4. The van der Waals surface area contributed by atoms with Crippen LogP contribution in [0.5, 0.6) is 0 Å². The number of hydrogen-bond acceptors (Lipinski definition) is 3. The van der Waals surface area contributed by atoms with Crippen molar-refractivity contribution in [1.82, 2.24) is 10.2 Å². The number of nitrogens with zero attached hydrogens (tertiary/aromatic N) is 1. The molecule has 0 bridgehead atoms. The van der Waals surface area contributed by atoms with Crippen molar-refractivity contribution in [3.05, 3.63) is 71.8 Å². The Bertz CT molecular complexity index is 815. The number of benzene rings is 2. The minimum absolute atomic E-state index is 0.0101. The van der Waals surface area contributed by atoms with Gasteiger partial charge >= 0.3 is 5.97 Å². The first kappa shape index (κ1) is 19.6. The van der Waals surface area contributed by atoms with Crippen molar-refractivity contribution in [1.29, 1.82) is 0 Å². The molecular weight excluding hydrogens is 364 g/mol. The molecule has 1 heterocycles. The van der Waals surface area contributed by atoms with Gasteiger partial charge in [-0.25, -0.2) is 0 Å². The Morgan fingerprint density at radius 1 is 1.07 bits per heavy atom. The molecule has 0 aromatic heterocycles. The lowest BCUT2D eigenvalue weighted by Crippen LogP contribution is -2.37. The summed E-state index contributed by atoms with van der Waals surface area (Å²) in [5.41, 5.74) is 1.51. The van der Waals surface area contributed by atoms with Gasteiger partial charge < -0.3 is 15.3 Å². The quantitative estimate of drug-likeness (QED) is 0.757. The first-order valence-corrected chi connectivity index (χ1v) is 10.4. The SMILES string of the molecule is O=C(CCN1C[C@@H]2CCC[C@@]2(C(=O)O)C1)NC(c1ccccc1)c1ccccc1. The van der Waals surface area contributed by atoms with E-state index in [1.165, 1.54) is 0 Å². The number of amides is 1. The molecule has 4 rings (SSSR count). The summed E-state index contributed by atoms with van der Waals surface area (Å²) in [6.45, 7) is 1.97. The maximum Gasteiger partial charge on any atom is 0.311 e. The van der Waals surface area contributed by atoms with Crippen molar-refractivity contribution in [3.63, 3.8) is 0 Å². The van der Waals surface area contributed by atoms with E-state index in [0.717, 1.165) is 36.9 Å². The number of aliphatic carboxylic acids is 1. The van der Waals surface area contributed by atoms with E-state index in [1.54, 1.807) is 0 Å². The number of likely N-dealkylation sites (tertiary alicyclic amines) is 1. The van der Waals surface area contributed by atoms with Gasteiger partial charge in [-0.05, 0) is 29.9 Å². The molecule has 5 nitrogen and oxygen atoms in total. The highest BCUT2D eigenvalue weighted by Crippen LogP contribution is 2.48. The molecule has 0 spiro atoms. The Kier molecular flexibility index (Phi) is 5.67. The van der Waals surface area contributed by atoms with Crippen LogP contribution < -0.4 is 5.32 Å². The number of carbonyl (C=O) groups excluding carboxylic acids is 1. The molecule has 2 aliphatic rings. The molecule has 2 N–H and O–H groups in total. The second-order valence-corrected chi connectivity index (χ2v) is 8.36. The van der Waals surface area contributed by atoms with Crippen LogP contribution in [-0.2, 0) is 9.59 Å². The van der Waals surface area contributed by atoms with Crippen LogP contribution >= 0.6 is 0 Å². The summed E-state index contributed by atoms with van der Waals surface area (Å²) in [6.07, 6.45) is 3.12. The number of carbonyl (C=O) groups is 2. The molecule has 0 unspecified atom stereocenters. The Morgan fingerprint density at radius 3 is 2.24 bits per heavy atom. The van der Waals surface area contributed by atoms with Gasteiger partial charge in [-0.1, -0.05) is 67.1 Å². The van der Waals surface area contributed by atoms with Gasteiger partial charge in [0.05, 0.1) is 11.5 Å². The molecule has 2 aromatic rings. The average Bonchev–Trinajstić information content (AvgIpc) is 3.30. The summed E-state index contributed by atoms with van der Waals surface area (Å²) in [5.74, 6) is -0.450. The van der Waals surface area contributed by atoms with Gasteiger partial charge in [0.1, 0.15) is 0 Å². The van der Waals surface area contributed by atoms with Crippen molar-refractivity contribution in [2.24, 2.45) is 11.3 Å². The Labute approximate surface area is 171 Å². The van der Waals surface area contributed by atoms with Crippen molar-refractivity contribution in [2.75, 3.05) is 19.6 Å². The van der Waals surface area contributed by atoms with Crippen molar-refractivity contribution in [3.8, 4) is 0 Å². The van der Waals surface area contributed by atoms with E-state index in [2.05, 4.69) is 10.2 Å². The molecule has 2 atom stereocenters. The number of nitrogens with one attached hydrogen (secondary N) is 1. The summed E-state index contributed by atoms with van der Waals surface area (Å²) < 4.78 is 0. The second kappa shape index (κ2) is 8.37. The van der Waals surface area contributed by atoms with Crippen LogP contribution in [0.25, 0.3) is 0 Å². The van der Waals surface area contributed by atoms with E-state index >= 15 is 0 Å². The third-order valence-corrected chi connectivity index (χ3v) is 6.59. The standard InChI is InChI=1S/C24H28N2O3/c27-21(13-15-26-16-20-12-7-14-24(20,17-26)23(28)29)25-22(18-8-3-1-4-9-18)19-10-5-2-6-11-19/h1-6,8-11,20,22H,7,12-17H2,(H,25,27)(H,28,29)/t20-,24+/m0/s1. The monoisotopic (exact) mass is 392 g/mol.